The van der Waals surface area contributed by atoms with E-state index in [4.69, 9.17) is 0 Å². The molecule has 0 amide bonds. The lowest BCUT2D eigenvalue weighted by Gasteiger charge is -1.89. The number of Topliss-reactive ketones (excluding diaryl/α,β-unsaturated/α-hetero) is 1. The molecule has 0 bridgehead atoms. The highest BCUT2D eigenvalue weighted by Gasteiger charge is 1.92. The van der Waals surface area contributed by atoms with Crippen molar-refractivity contribution < 1.29 is 9.18 Å². The Balaban J connectivity index is 0.000000162. The fraction of sp³-hybridized carbons (Fsp3) is 0.0909. The first-order chi connectivity index (χ1) is 7.20. The van der Waals surface area contributed by atoms with Gasteiger partial charge in [-0.15, -0.1) is 0 Å². The summed E-state index contributed by atoms with van der Waals surface area (Å²) in [5, 5.41) is 1.23. The van der Waals surface area contributed by atoms with Crippen LogP contribution in [0.25, 0.3) is 0 Å². The van der Waals surface area contributed by atoms with Crippen LogP contribution >= 0.6 is 11.3 Å². The molecule has 0 atom stereocenters. The van der Waals surface area contributed by atoms with Crippen LogP contribution in [0.4, 0.5) is 4.39 Å². The number of ketones is 1. The van der Waals surface area contributed by atoms with Gasteiger partial charge in [0, 0.05) is 17.1 Å². The lowest BCUT2D eigenvalue weighted by atomic mass is 10.2. The van der Waals surface area contributed by atoms with Gasteiger partial charge >= 0.3 is 0 Å². The number of rotatable bonds is 1. The van der Waals surface area contributed by atoms with E-state index < -0.39 is 0 Å². The number of halogens is 1. The van der Waals surface area contributed by atoms with Crippen molar-refractivity contribution in [3.63, 3.8) is 0 Å². The number of benzene rings is 1. The highest BCUT2D eigenvalue weighted by atomic mass is 32.1. The summed E-state index contributed by atoms with van der Waals surface area (Å²) >= 11 is 1.000. The van der Waals surface area contributed by atoms with Crippen LogP contribution < -0.4 is 0 Å². The summed E-state index contributed by atoms with van der Waals surface area (Å²) < 4.78 is 11.6. The van der Waals surface area contributed by atoms with Crippen molar-refractivity contribution in [2.75, 3.05) is 0 Å². The maximum atomic E-state index is 11.6. The monoisotopic (exact) mass is 223 g/mol. The van der Waals surface area contributed by atoms with Crippen LogP contribution in [-0.2, 0) is 0 Å². The van der Waals surface area contributed by atoms with E-state index in [0.717, 1.165) is 16.9 Å². The highest BCUT2D eigenvalue weighted by Crippen LogP contribution is 1.98. The molecule has 0 saturated heterocycles. The Morgan fingerprint density at radius 3 is 2.27 bits per heavy atom. The Labute approximate surface area is 91.4 Å². The van der Waals surface area contributed by atoms with E-state index in [0.29, 0.717) is 0 Å². The topological polar surface area (TPSA) is 30.0 Å². The van der Waals surface area contributed by atoms with E-state index in [-0.39, 0.29) is 11.0 Å². The lowest BCUT2D eigenvalue weighted by molar-refractivity contribution is 0.101. The van der Waals surface area contributed by atoms with Gasteiger partial charge in [-0.2, -0.15) is 4.39 Å². The molecule has 0 unspecified atom stereocenters. The predicted octanol–water partition coefficient (Wildman–Crippen LogP) is 3.17. The van der Waals surface area contributed by atoms with E-state index in [1.807, 2.05) is 30.3 Å². The van der Waals surface area contributed by atoms with Gasteiger partial charge in [0.1, 0.15) is 0 Å². The molecule has 4 heteroatoms. The Morgan fingerprint density at radius 1 is 1.33 bits per heavy atom. The van der Waals surface area contributed by atoms with Crippen molar-refractivity contribution in [1.82, 2.24) is 4.98 Å². The van der Waals surface area contributed by atoms with Crippen molar-refractivity contribution in [2.24, 2.45) is 0 Å². The van der Waals surface area contributed by atoms with Gasteiger partial charge in [0.15, 0.2) is 5.78 Å². The molecule has 2 nitrogen and oxygen atoms in total. The normalized spacial score (nSPS) is 8.93. The van der Waals surface area contributed by atoms with E-state index in [1.165, 1.54) is 6.20 Å². The van der Waals surface area contributed by atoms with Crippen LogP contribution in [-0.4, -0.2) is 10.8 Å². The molecule has 0 aliphatic heterocycles. The third-order valence-corrected chi connectivity index (χ3v) is 2.14. The maximum Gasteiger partial charge on any atom is 0.268 e. The van der Waals surface area contributed by atoms with Gasteiger partial charge < -0.3 is 0 Å². The van der Waals surface area contributed by atoms with Gasteiger partial charge in [-0.05, 0) is 6.92 Å². The smallest absolute Gasteiger partial charge is 0.268 e. The summed E-state index contributed by atoms with van der Waals surface area (Å²) in [7, 11) is 0. The first-order valence-electron chi connectivity index (χ1n) is 4.31. The molecular formula is C11H10FNOS. The summed E-state index contributed by atoms with van der Waals surface area (Å²) in [4.78, 5) is 13.9. The minimum Gasteiger partial charge on any atom is -0.295 e. The van der Waals surface area contributed by atoms with Gasteiger partial charge in [-0.25, -0.2) is 4.98 Å². The second kappa shape index (κ2) is 6.03. The summed E-state index contributed by atoms with van der Waals surface area (Å²) in [5.74, 6) is 0.121. The number of carbonyl (C=O) groups is 1. The van der Waals surface area contributed by atoms with Gasteiger partial charge in [0.05, 0.1) is 0 Å². The molecule has 1 aromatic carbocycles. The quantitative estimate of drug-likeness (QED) is 0.695. The zero-order valence-corrected chi connectivity index (χ0v) is 9.00. The molecule has 15 heavy (non-hydrogen) atoms. The summed E-state index contributed by atoms with van der Waals surface area (Å²) in [6.45, 7) is 1.56. The second-order valence-electron chi connectivity index (χ2n) is 2.71. The van der Waals surface area contributed by atoms with Crippen LogP contribution in [0.15, 0.2) is 41.9 Å². The fourth-order valence-corrected chi connectivity index (χ4v) is 1.23. The SMILES string of the molecule is CC(=O)c1ccccc1.Fc1nccs1. The molecule has 0 radical (unpaired) electrons. The van der Waals surface area contributed by atoms with Crippen LogP contribution in [0.5, 0.6) is 0 Å². The predicted molar refractivity (Wildman–Crippen MR) is 58.5 cm³/mol. The van der Waals surface area contributed by atoms with Gasteiger partial charge in [0.25, 0.3) is 5.26 Å². The first kappa shape index (κ1) is 11.5. The molecule has 2 aromatic rings. The molecule has 0 aliphatic rings. The molecule has 0 N–H and O–H groups in total. The van der Waals surface area contributed by atoms with E-state index in [2.05, 4.69) is 4.98 Å². The molecule has 1 aromatic heterocycles. The minimum absolute atomic E-state index is 0.121. The zero-order valence-electron chi connectivity index (χ0n) is 8.18. The van der Waals surface area contributed by atoms with E-state index in [9.17, 15) is 9.18 Å². The Kier molecular flexibility index (Phi) is 4.63. The first-order valence-corrected chi connectivity index (χ1v) is 5.19. The second-order valence-corrected chi connectivity index (χ2v) is 3.55. The van der Waals surface area contributed by atoms with Crippen molar-refractivity contribution in [2.45, 2.75) is 6.92 Å². The summed E-state index contributed by atoms with van der Waals surface area (Å²) in [6.07, 6.45) is 1.43. The highest BCUT2D eigenvalue weighted by molar-refractivity contribution is 7.07. The van der Waals surface area contributed by atoms with Crippen LogP contribution in [0.3, 0.4) is 0 Å². The molecule has 0 saturated carbocycles. The van der Waals surface area contributed by atoms with Crippen molar-refractivity contribution in [3.05, 3.63) is 52.7 Å². The van der Waals surface area contributed by atoms with Crippen LogP contribution in [0.1, 0.15) is 17.3 Å². The maximum absolute atomic E-state index is 11.6. The van der Waals surface area contributed by atoms with Gasteiger partial charge in [-0.3, -0.25) is 4.79 Å². The zero-order chi connectivity index (χ0) is 11.1. The van der Waals surface area contributed by atoms with Gasteiger partial charge in [-0.1, -0.05) is 41.7 Å². The average Bonchev–Trinajstić information content (AvgIpc) is 2.71. The number of hydrogen-bond donors (Lipinski definition) is 0. The van der Waals surface area contributed by atoms with E-state index >= 15 is 0 Å². The Morgan fingerprint density at radius 2 is 2.00 bits per heavy atom. The third-order valence-electron chi connectivity index (χ3n) is 1.58. The molecule has 2 rings (SSSR count). The summed E-state index contributed by atoms with van der Waals surface area (Å²) in [5.41, 5.74) is 0.775. The molecule has 0 fully saturated rings. The molecule has 0 spiro atoms. The van der Waals surface area contributed by atoms with Crippen LogP contribution in [0, 0.1) is 5.26 Å². The molecule has 1 heterocycles. The molecular weight excluding hydrogens is 213 g/mol. The average molecular weight is 223 g/mol. The number of nitrogens with zero attached hydrogens (tertiary/aromatic N) is 1. The van der Waals surface area contributed by atoms with Crippen LogP contribution in [0.2, 0.25) is 0 Å². The van der Waals surface area contributed by atoms with E-state index in [1.54, 1.807) is 12.3 Å². The Bertz CT molecular complexity index is 400. The minimum atomic E-state index is -0.366. The third kappa shape index (κ3) is 4.46. The standard InChI is InChI=1S/C8H8O.C3H2FNS/c1-7(9)8-5-3-2-4-6-8;4-3-5-1-2-6-3/h2-6H,1H3;1-2H. The number of thiazole rings is 1. The largest absolute Gasteiger partial charge is 0.295 e. The molecule has 78 valence electrons. The molecule has 0 aliphatic carbocycles. The fourth-order valence-electron chi connectivity index (χ4n) is 0.879. The Hall–Kier alpha value is -1.55. The van der Waals surface area contributed by atoms with Crippen molar-refractivity contribution in [3.8, 4) is 0 Å². The lowest BCUT2D eigenvalue weighted by Crippen LogP contribution is -1.88. The number of hydrogen-bond acceptors (Lipinski definition) is 3. The number of aromatic nitrogens is 1. The number of carbonyl (C=O) groups excluding carboxylic acids is 1. The van der Waals surface area contributed by atoms with Gasteiger partial charge in [0.2, 0.25) is 0 Å². The summed E-state index contributed by atoms with van der Waals surface area (Å²) in [6, 6.07) is 9.23. The van der Waals surface area contributed by atoms with Crippen molar-refractivity contribution >= 4 is 17.1 Å². The van der Waals surface area contributed by atoms with Crippen molar-refractivity contribution in [1.29, 1.82) is 0 Å².